The zero-order chi connectivity index (χ0) is 14.6. The molecule has 1 rings (SSSR count). The van der Waals surface area contributed by atoms with E-state index in [1.54, 1.807) is 25.1 Å². The van der Waals surface area contributed by atoms with Gasteiger partial charge in [-0.25, -0.2) is 0 Å². The molecule has 0 spiro atoms. The van der Waals surface area contributed by atoms with Crippen LogP contribution in [0.4, 0.5) is 5.69 Å². The summed E-state index contributed by atoms with van der Waals surface area (Å²) in [4.78, 5) is 12.4. The van der Waals surface area contributed by atoms with E-state index in [4.69, 9.17) is 34.3 Å². The Morgan fingerprint density at radius 3 is 2.63 bits per heavy atom. The van der Waals surface area contributed by atoms with Crippen LogP contribution in [0.3, 0.4) is 0 Å². The summed E-state index contributed by atoms with van der Waals surface area (Å²) in [6.07, 6.45) is 0.526. The van der Waals surface area contributed by atoms with Gasteiger partial charge < -0.3 is 15.8 Å². The molecule has 6 heteroatoms. The van der Waals surface area contributed by atoms with Crippen molar-refractivity contribution in [1.29, 1.82) is 0 Å². The van der Waals surface area contributed by atoms with Gasteiger partial charge in [0.2, 0.25) is 5.91 Å². The molecule has 104 valence electrons. The molecule has 0 fully saturated rings. The van der Waals surface area contributed by atoms with E-state index in [1.807, 2.05) is 6.92 Å². The maximum atomic E-state index is 12.2. The Balaban J connectivity index is 2.94. The highest BCUT2D eigenvalue weighted by molar-refractivity contribution is 7.80. The summed E-state index contributed by atoms with van der Waals surface area (Å²) < 4.78 is 5.05. The van der Waals surface area contributed by atoms with Crippen molar-refractivity contribution < 1.29 is 9.53 Å². The molecule has 0 aromatic heterocycles. The van der Waals surface area contributed by atoms with Crippen LogP contribution in [0.5, 0.6) is 5.75 Å². The van der Waals surface area contributed by atoms with Crippen LogP contribution < -0.4 is 15.8 Å². The molecule has 0 aliphatic rings. The van der Waals surface area contributed by atoms with Crippen molar-refractivity contribution in [2.24, 2.45) is 11.1 Å². The number of carbonyl (C=O) groups excluding carboxylic acids is 1. The molecule has 0 heterocycles. The Kier molecular flexibility index (Phi) is 5.14. The van der Waals surface area contributed by atoms with Crippen molar-refractivity contribution in [1.82, 2.24) is 0 Å². The van der Waals surface area contributed by atoms with Gasteiger partial charge in [-0.15, -0.1) is 0 Å². The van der Waals surface area contributed by atoms with E-state index in [9.17, 15) is 4.79 Å². The van der Waals surface area contributed by atoms with Gasteiger partial charge in [0.25, 0.3) is 0 Å². The lowest BCUT2D eigenvalue weighted by molar-refractivity contribution is -0.121. The summed E-state index contributed by atoms with van der Waals surface area (Å²) in [6.45, 7) is 3.58. The number of carbonyl (C=O) groups is 1. The predicted octanol–water partition coefficient (Wildman–Crippen LogP) is 2.99. The lowest BCUT2D eigenvalue weighted by Gasteiger charge is -2.25. The van der Waals surface area contributed by atoms with E-state index in [1.165, 1.54) is 7.11 Å². The SMILES string of the molecule is CCC(C)(C(=O)Nc1ccc(OC)c(Cl)c1)C(N)=S. The Hall–Kier alpha value is -1.33. The highest BCUT2D eigenvalue weighted by Crippen LogP contribution is 2.29. The normalized spacial score (nSPS) is 13.5. The first-order chi connectivity index (χ1) is 8.85. The fraction of sp³-hybridized carbons (Fsp3) is 0.385. The highest BCUT2D eigenvalue weighted by Gasteiger charge is 2.34. The summed E-state index contributed by atoms with van der Waals surface area (Å²) in [5.74, 6) is 0.302. The number of amides is 1. The zero-order valence-electron chi connectivity index (χ0n) is 11.1. The quantitative estimate of drug-likeness (QED) is 0.821. The molecule has 0 saturated heterocycles. The third kappa shape index (κ3) is 3.36. The van der Waals surface area contributed by atoms with Crippen molar-refractivity contribution in [3.8, 4) is 5.75 Å². The summed E-state index contributed by atoms with van der Waals surface area (Å²) in [5.41, 5.74) is 5.34. The fourth-order valence-corrected chi connectivity index (χ4v) is 1.95. The second kappa shape index (κ2) is 6.21. The van der Waals surface area contributed by atoms with Gasteiger partial charge in [-0.1, -0.05) is 30.7 Å². The molecule has 1 unspecified atom stereocenters. The maximum absolute atomic E-state index is 12.2. The number of hydrogen-bond acceptors (Lipinski definition) is 3. The first kappa shape index (κ1) is 15.7. The first-order valence-corrected chi connectivity index (χ1v) is 6.58. The minimum atomic E-state index is -0.873. The number of nitrogens with one attached hydrogen (secondary N) is 1. The van der Waals surface area contributed by atoms with Crippen LogP contribution in [0.15, 0.2) is 18.2 Å². The Bertz CT molecular complexity index is 507. The Labute approximate surface area is 123 Å². The van der Waals surface area contributed by atoms with Gasteiger partial charge in [0, 0.05) is 5.69 Å². The molecule has 19 heavy (non-hydrogen) atoms. The van der Waals surface area contributed by atoms with E-state index in [0.29, 0.717) is 22.9 Å². The van der Waals surface area contributed by atoms with Gasteiger partial charge in [-0.3, -0.25) is 4.79 Å². The van der Waals surface area contributed by atoms with Crippen LogP contribution in [0.1, 0.15) is 20.3 Å². The Morgan fingerprint density at radius 2 is 2.21 bits per heavy atom. The largest absolute Gasteiger partial charge is 0.495 e. The number of ether oxygens (including phenoxy) is 1. The van der Waals surface area contributed by atoms with Crippen molar-refractivity contribution in [3.05, 3.63) is 23.2 Å². The van der Waals surface area contributed by atoms with Crippen molar-refractivity contribution in [3.63, 3.8) is 0 Å². The molecular formula is C13H17ClN2O2S. The lowest BCUT2D eigenvalue weighted by atomic mass is 9.86. The van der Waals surface area contributed by atoms with Gasteiger partial charge in [-0.05, 0) is 31.5 Å². The van der Waals surface area contributed by atoms with Crippen LogP contribution in [-0.2, 0) is 4.79 Å². The third-order valence-electron chi connectivity index (χ3n) is 3.16. The number of anilines is 1. The molecule has 1 aromatic carbocycles. The fourth-order valence-electron chi connectivity index (χ4n) is 1.46. The molecule has 1 amide bonds. The molecule has 1 atom stereocenters. The third-order valence-corrected chi connectivity index (χ3v) is 3.91. The average Bonchev–Trinajstić information content (AvgIpc) is 2.37. The molecule has 0 aliphatic heterocycles. The van der Waals surface area contributed by atoms with Crippen LogP contribution in [0.25, 0.3) is 0 Å². The van der Waals surface area contributed by atoms with E-state index in [0.717, 1.165) is 0 Å². The maximum Gasteiger partial charge on any atom is 0.237 e. The molecule has 1 aromatic rings. The number of benzene rings is 1. The van der Waals surface area contributed by atoms with Crippen molar-refractivity contribution in [2.45, 2.75) is 20.3 Å². The van der Waals surface area contributed by atoms with Crippen LogP contribution in [0.2, 0.25) is 5.02 Å². The van der Waals surface area contributed by atoms with Gasteiger partial charge in [0.15, 0.2) is 0 Å². The van der Waals surface area contributed by atoms with Crippen LogP contribution >= 0.6 is 23.8 Å². The molecular weight excluding hydrogens is 284 g/mol. The summed E-state index contributed by atoms with van der Waals surface area (Å²) in [7, 11) is 1.53. The van der Waals surface area contributed by atoms with Gasteiger partial charge in [0.05, 0.1) is 22.5 Å². The van der Waals surface area contributed by atoms with E-state index in [-0.39, 0.29) is 10.9 Å². The van der Waals surface area contributed by atoms with Crippen molar-refractivity contribution >= 4 is 40.4 Å². The molecule has 0 bridgehead atoms. The second-order valence-corrected chi connectivity index (χ2v) is 5.20. The highest BCUT2D eigenvalue weighted by atomic mass is 35.5. The minimum Gasteiger partial charge on any atom is -0.495 e. The Morgan fingerprint density at radius 1 is 1.58 bits per heavy atom. The number of hydrogen-bond donors (Lipinski definition) is 2. The molecule has 4 nitrogen and oxygen atoms in total. The van der Waals surface area contributed by atoms with E-state index in [2.05, 4.69) is 5.32 Å². The lowest BCUT2D eigenvalue weighted by Crippen LogP contribution is -2.43. The number of nitrogens with two attached hydrogens (primary N) is 1. The molecule has 0 saturated carbocycles. The van der Waals surface area contributed by atoms with E-state index < -0.39 is 5.41 Å². The summed E-state index contributed by atoms with van der Waals surface area (Å²) >= 11 is 11.0. The number of halogens is 1. The standard InChI is InChI=1S/C13H17ClN2O2S/c1-4-13(2,11(15)19)12(17)16-8-5-6-10(18-3)9(14)7-8/h5-7H,4H2,1-3H3,(H2,15,19)(H,16,17). The van der Waals surface area contributed by atoms with Gasteiger partial charge in [0.1, 0.15) is 5.75 Å². The number of methoxy groups -OCH3 is 1. The van der Waals surface area contributed by atoms with Gasteiger partial charge >= 0.3 is 0 Å². The first-order valence-electron chi connectivity index (χ1n) is 5.80. The molecule has 0 radical (unpaired) electrons. The van der Waals surface area contributed by atoms with Crippen LogP contribution in [0, 0.1) is 5.41 Å². The summed E-state index contributed by atoms with van der Waals surface area (Å²) in [5, 5.41) is 3.19. The van der Waals surface area contributed by atoms with Crippen molar-refractivity contribution in [2.75, 3.05) is 12.4 Å². The minimum absolute atomic E-state index is 0.173. The second-order valence-electron chi connectivity index (χ2n) is 4.35. The van der Waals surface area contributed by atoms with Gasteiger partial charge in [-0.2, -0.15) is 0 Å². The number of thiocarbonyl (C=S) groups is 1. The van der Waals surface area contributed by atoms with E-state index >= 15 is 0 Å². The number of rotatable bonds is 5. The van der Waals surface area contributed by atoms with Crippen LogP contribution in [-0.4, -0.2) is 18.0 Å². The predicted molar refractivity (Wildman–Crippen MR) is 81.8 cm³/mol. The molecule has 0 aliphatic carbocycles. The average molecular weight is 301 g/mol. The monoisotopic (exact) mass is 300 g/mol. The molecule has 3 N–H and O–H groups in total. The smallest absolute Gasteiger partial charge is 0.237 e. The topological polar surface area (TPSA) is 64.3 Å². The zero-order valence-corrected chi connectivity index (χ0v) is 12.7. The summed E-state index contributed by atoms with van der Waals surface area (Å²) in [6, 6.07) is 5.01.